The number of piperidine rings is 1. The van der Waals surface area contributed by atoms with Gasteiger partial charge in [0.1, 0.15) is 0 Å². The summed E-state index contributed by atoms with van der Waals surface area (Å²) in [5, 5.41) is 11.4. The number of para-hydroxylation sites is 1. The van der Waals surface area contributed by atoms with Gasteiger partial charge in [0.25, 0.3) is 0 Å². The first-order valence-corrected chi connectivity index (χ1v) is 10.7. The molecule has 2 aliphatic heterocycles. The largest absolute Gasteiger partial charge is 0.493 e. The lowest BCUT2D eigenvalue weighted by Crippen LogP contribution is -2.41. The number of fused-ring (bicyclic) bond motifs is 1. The maximum Gasteiger partial charge on any atom is 0.321 e. The van der Waals surface area contributed by atoms with E-state index in [1.54, 1.807) is 30.2 Å². The first kappa shape index (κ1) is 20.9. The molecule has 10 heteroatoms. The molecule has 1 atom stereocenters. The Morgan fingerprint density at radius 3 is 2.85 bits per heavy atom. The van der Waals surface area contributed by atoms with Crippen molar-refractivity contribution in [2.75, 3.05) is 39.4 Å². The molecule has 3 aromatic rings. The Labute approximate surface area is 190 Å². The van der Waals surface area contributed by atoms with E-state index in [4.69, 9.17) is 23.4 Å². The van der Waals surface area contributed by atoms with Crippen LogP contribution in [0.1, 0.15) is 24.7 Å². The SMILES string of the molecule is COc1cccc(NC(=O)N2CCCC(c3nnc(-c4ccc5c(c4)OCO5)o3)C2)c1OC. The molecule has 2 aromatic carbocycles. The van der Waals surface area contributed by atoms with Crippen molar-refractivity contribution in [2.24, 2.45) is 0 Å². The van der Waals surface area contributed by atoms with E-state index >= 15 is 0 Å². The molecular formula is C23H24N4O6. The van der Waals surface area contributed by atoms with Gasteiger partial charge in [0, 0.05) is 18.7 Å². The second-order valence-corrected chi connectivity index (χ2v) is 7.77. The lowest BCUT2D eigenvalue weighted by atomic mass is 9.98. The van der Waals surface area contributed by atoms with Gasteiger partial charge in [0.2, 0.25) is 18.6 Å². The third-order valence-corrected chi connectivity index (χ3v) is 5.76. The topological polar surface area (TPSA) is 108 Å². The predicted octanol–water partition coefficient (Wildman–Crippen LogP) is 3.89. The summed E-state index contributed by atoms with van der Waals surface area (Å²) in [7, 11) is 3.10. The highest BCUT2D eigenvalue weighted by atomic mass is 16.7. The van der Waals surface area contributed by atoms with E-state index in [2.05, 4.69) is 15.5 Å². The number of aromatic nitrogens is 2. The Morgan fingerprint density at radius 2 is 2.00 bits per heavy atom. The molecule has 172 valence electrons. The van der Waals surface area contributed by atoms with Gasteiger partial charge >= 0.3 is 6.03 Å². The fourth-order valence-electron chi connectivity index (χ4n) is 4.09. The lowest BCUT2D eigenvalue weighted by Gasteiger charge is -2.31. The number of ether oxygens (including phenoxy) is 4. The molecule has 10 nitrogen and oxygen atoms in total. The number of nitrogens with zero attached hydrogens (tertiary/aromatic N) is 3. The molecule has 0 radical (unpaired) electrons. The monoisotopic (exact) mass is 452 g/mol. The summed E-state index contributed by atoms with van der Waals surface area (Å²) >= 11 is 0. The Kier molecular flexibility index (Phi) is 5.64. The number of benzene rings is 2. The Balaban J connectivity index is 1.28. The molecule has 1 saturated heterocycles. The van der Waals surface area contributed by atoms with Crippen LogP contribution < -0.4 is 24.3 Å². The fourth-order valence-corrected chi connectivity index (χ4v) is 4.09. The lowest BCUT2D eigenvalue weighted by molar-refractivity contribution is 0.174. The predicted molar refractivity (Wildman–Crippen MR) is 118 cm³/mol. The second kappa shape index (κ2) is 8.89. The van der Waals surface area contributed by atoms with E-state index in [1.807, 2.05) is 18.2 Å². The summed E-state index contributed by atoms with van der Waals surface area (Å²) in [6, 6.07) is 10.6. The molecular weight excluding hydrogens is 428 g/mol. The van der Waals surface area contributed by atoms with E-state index in [9.17, 15) is 4.79 Å². The molecule has 1 aromatic heterocycles. The maximum atomic E-state index is 13.0. The quantitative estimate of drug-likeness (QED) is 0.621. The van der Waals surface area contributed by atoms with Crippen LogP contribution in [0, 0.1) is 0 Å². The number of carbonyl (C=O) groups is 1. The molecule has 0 spiro atoms. The number of rotatable bonds is 5. The zero-order chi connectivity index (χ0) is 22.8. The highest BCUT2D eigenvalue weighted by Gasteiger charge is 2.29. The van der Waals surface area contributed by atoms with E-state index in [-0.39, 0.29) is 18.7 Å². The van der Waals surface area contributed by atoms with E-state index in [1.165, 1.54) is 7.11 Å². The minimum Gasteiger partial charge on any atom is -0.493 e. The number of anilines is 1. The summed E-state index contributed by atoms with van der Waals surface area (Å²) in [4.78, 5) is 14.7. The molecule has 33 heavy (non-hydrogen) atoms. The molecule has 1 fully saturated rings. The van der Waals surface area contributed by atoms with Gasteiger partial charge in [-0.25, -0.2) is 4.79 Å². The van der Waals surface area contributed by atoms with Gasteiger partial charge in [-0.1, -0.05) is 6.07 Å². The summed E-state index contributed by atoms with van der Waals surface area (Å²) in [6.45, 7) is 1.31. The molecule has 0 aliphatic carbocycles. The zero-order valence-corrected chi connectivity index (χ0v) is 18.4. The van der Waals surface area contributed by atoms with Gasteiger partial charge in [-0.2, -0.15) is 0 Å². The zero-order valence-electron chi connectivity index (χ0n) is 18.4. The normalized spacial score (nSPS) is 17.0. The van der Waals surface area contributed by atoms with Gasteiger partial charge in [0.05, 0.1) is 25.8 Å². The molecule has 1 N–H and O–H groups in total. The highest BCUT2D eigenvalue weighted by Crippen LogP contribution is 2.37. The second-order valence-electron chi connectivity index (χ2n) is 7.77. The first-order valence-electron chi connectivity index (χ1n) is 10.7. The van der Waals surface area contributed by atoms with E-state index < -0.39 is 0 Å². The van der Waals surface area contributed by atoms with Crippen LogP contribution in [0.2, 0.25) is 0 Å². The van der Waals surface area contributed by atoms with Crippen LogP contribution in [0.4, 0.5) is 10.5 Å². The van der Waals surface area contributed by atoms with E-state index in [0.717, 1.165) is 18.4 Å². The molecule has 2 aliphatic rings. The summed E-state index contributed by atoms with van der Waals surface area (Å²) in [6.07, 6.45) is 1.68. The standard InChI is InChI=1S/C23H24N4O6/c1-29-18-7-3-6-16(20(18)30-2)24-23(28)27-10-4-5-15(12-27)22-26-25-21(33-22)14-8-9-17-19(11-14)32-13-31-17/h3,6-9,11,15H,4-5,10,12-13H2,1-2H3,(H,24,28). The minimum absolute atomic E-state index is 0.0491. The van der Waals surface area contributed by atoms with Crippen LogP contribution in [-0.2, 0) is 0 Å². The number of hydrogen-bond acceptors (Lipinski definition) is 8. The van der Waals surface area contributed by atoms with Crippen LogP contribution in [0.5, 0.6) is 23.0 Å². The van der Waals surface area contributed by atoms with Gasteiger partial charge in [-0.15, -0.1) is 10.2 Å². The third kappa shape index (κ3) is 4.11. The molecule has 5 rings (SSSR count). The molecule has 3 heterocycles. The van der Waals surface area contributed by atoms with Crippen molar-refractivity contribution >= 4 is 11.7 Å². The number of methoxy groups -OCH3 is 2. The number of likely N-dealkylation sites (tertiary alicyclic amines) is 1. The van der Waals surface area contributed by atoms with Crippen molar-refractivity contribution < 1.29 is 28.2 Å². The Hall–Kier alpha value is -3.95. The van der Waals surface area contributed by atoms with Crippen molar-refractivity contribution in [3.8, 4) is 34.5 Å². The molecule has 0 saturated carbocycles. The van der Waals surface area contributed by atoms with Crippen LogP contribution in [0.15, 0.2) is 40.8 Å². The van der Waals surface area contributed by atoms with Gasteiger partial charge in [0.15, 0.2) is 23.0 Å². The van der Waals surface area contributed by atoms with Crippen molar-refractivity contribution in [1.82, 2.24) is 15.1 Å². The number of hydrogen-bond donors (Lipinski definition) is 1. The Bertz CT molecular complexity index is 1160. The summed E-state index contributed by atoms with van der Waals surface area (Å²) < 4.78 is 27.5. The summed E-state index contributed by atoms with van der Waals surface area (Å²) in [5.74, 6) is 3.25. The minimum atomic E-state index is -0.221. The van der Waals surface area contributed by atoms with Crippen molar-refractivity contribution in [2.45, 2.75) is 18.8 Å². The number of nitrogens with one attached hydrogen (secondary N) is 1. The van der Waals surface area contributed by atoms with Gasteiger partial charge < -0.3 is 33.6 Å². The smallest absolute Gasteiger partial charge is 0.321 e. The summed E-state index contributed by atoms with van der Waals surface area (Å²) in [5.41, 5.74) is 1.31. The Morgan fingerprint density at radius 1 is 1.12 bits per heavy atom. The van der Waals surface area contributed by atoms with Crippen LogP contribution in [-0.4, -0.2) is 55.2 Å². The molecule has 1 unspecified atom stereocenters. The van der Waals surface area contributed by atoms with Crippen LogP contribution in [0.25, 0.3) is 11.5 Å². The average molecular weight is 452 g/mol. The van der Waals surface area contributed by atoms with Gasteiger partial charge in [-0.3, -0.25) is 0 Å². The van der Waals surface area contributed by atoms with Crippen molar-refractivity contribution in [1.29, 1.82) is 0 Å². The molecule has 2 amide bonds. The average Bonchev–Trinajstić information content (AvgIpc) is 3.53. The highest BCUT2D eigenvalue weighted by molar-refractivity contribution is 5.91. The van der Waals surface area contributed by atoms with E-state index in [0.29, 0.717) is 53.6 Å². The maximum absolute atomic E-state index is 13.0. The number of urea groups is 1. The third-order valence-electron chi connectivity index (χ3n) is 5.76. The molecule has 0 bridgehead atoms. The van der Waals surface area contributed by atoms with Crippen LogP contribution in [0.3, 0.4) is 0 Å². The van der Waals surface area contributed by atoms with Gasteiger partial charge in [-0.05, 0) is 43.2 Å². The van der Waals surface area contributed by atoms with Crippen molar-refractivity contribution in [3.63, 3.8) is 0 Å². The number of amides is 2. The van der Waals surface area contributed by atoms with Crippen LogP contribution >= 0.6 is 0 Å². The number of carbonyl (C=O) groups excluding carboxylic acids is 1. The first-order chi connectivity index (χ1) is 16.2. The fraction of sp³-hybridized carbons (Fsp3) is 0.348. The van der Waals surface area contributed by atoms with Crippen molar-refractivity contribution in [3.05, 3.63) is 42.3 Å².